The van der Waals surface area contributed by atoms with E-state index < -0.39 is 27.5 Å². The number of alkyl halides is 3. The van der Waals surface area contributed by atoms with Crippen LogP contribution in [-0.2, 0) is 16.6 Å². The highest BCUT2D eigenvalue weighted by Crippen LogP contribution is 2.41. The number of hydrogen-bond donors (Lipinski definition) is 1. The number of aryl methyl sites for hydroxylation is 1. The molecule has 1 saturated carbocycles. The number of rotatable bonds is 6. The highest BCUT2D eigenvalue weighted by molar-refractivity contribution is 7.90. The van der Waals surface area contributed by atoms with E-state index in [-0.39, 0.29) is 11.0 Å². The fourth-order valence-corrected chi connectivity index (χ4v) is 5.98. The van der Waals surface area contributed by atoms with Crippen LogP contribution >= 0.6 is 0 Å². The van der Waals surface area contributed by atoms with Crippen LogP contribution in [0.3, 0.4) is 0 Å². The van der Waals surface area contributed by atoms with E-state index in [1.807, 2.05) is 38.5 Å². The molecule has 2 aromatic carbocycles. The third-order valence-corrected chi connectivity index (χ3v) is 8.04. The lowest BCUT2D eigenvalue weighted by atomic mass is 9.94. The van der Waals surface area contributed by atoms with Crippen molar-refractivity contribution in [2.45, 2.75) is 64.5 Å². The molecular formula is C26H28F3N3O2S. The number of fused-ring (bicyclic) bond motifs is 1. The lowest BCUT2D eigenvalue weighted by molar-refractivity contribution is -0.152. The van der Waals surface area contributed by atoms with E-state index in [1.54, 1.807) is 34.9 Å². The van der Waals surface area contributed by atoms with Crippen molar-refractivity contribution in [2.24, 2.45) is 5.41 Å². The molecule has 3 aromatic rings. The molecule has 1 aliphatic carbocycles. The smallest absolute Gasteiger partial charge is 0.347 e. The molecule has 0 saturated heterocycles. The predicted molar refractivity (Wildman–Crippen MR) is 130 cm³/mol. The first-order chi connectivity index (χ1) is 16.2. The van der Waals surface area contributed by atoms with Gasteiger partial charge in [0, 0.05) is 34.8 Å². The summed E-state index contributed by atoms with van der Waals surface area (Å²) in [4.78, 5) is 0. The molecule has 1 aromatic heterocycles. The van der Waals surface area contributed by atoms with Gasteiger partial charge in [0.2, 0.25) is 10.0 Å². The van der Waals surface area contributed by atoms with Gasteiger partial charge in [0.1, 0.15) is 6.04 Å². The van der Waals surface area contributed by atoms with Crippen molar-refractivity contribution in [3.8, 4) is 17.2 Å². The van der Waals surface area contributed by atoms with Gasteiger partial charge in [0.05, 0.1) is 16.9 Å². The number of aromatic nitrogens is 1. The summed E-state index contributed by atoms with van der Waals surface area (Å²) in [5.41, 5.74) is 2.97. The minimum atomic E-state index is -4.81. The highest BCUT2D eigenvalue weighted by Gasteiger charge is 2.47. The Morgan fingerprint density at radius 1 is 1.17 bits per heavy atom. The Kier molecular flexibility index (Phi) is 6.27. The highest BCUT2D eigenvalue weighted by atomic mass is 32.2. The normalized spacial score (nSPS) is 15.8. The lowest BCUT2D eigenvalue weighted by Crippen LogP contribution is -2.39. The van der Waals surface area contributed by atoms with Gasteiger partial charge in [0.15, 0.2) is 0 Å². The molecular weight excluding hydrogens is 475 g/mol. The second-order valence-electron chi connectivity index (χ2n) is 10.5. The molecule has 1 aliphatic rings. The topological polar surface area (TPSA) is 74.9 Å². The Hall–Kier alpha value is -2.83. The van der Waals surface area contributed by atoms with Gasteiger partial charge in [-0.05, 0) is 48.4 Å². The van der Waals surface area contributed by atoms with Crippen LogP contribution in [0.1, 0.15) is 56.3 Å². The van der Waals surface area contributed by atoms with Crippen molar-refractivity contribution in [3.05, 3.63) is 59.3 Å². The Labute approximate surface area is 203 Å². The molecule has 1 N–H and O–H groups in total. The zero-order chi connectivity index (χ0) is 25.8. The summed E-state index contributed by atoms with van der Waals surface area (Å²) in [5.74, 6) is 0. The third-order valence-electron chi connectivity index (χ3n) is 6.12. The number of nitrogens with zero attached hydrogens (tertiary/aromatic N) is 2. The van der Waals surface area contributed by atoms with Crippen LogP contribution in [0.5, 0.6) is 0 Å². The van der Waals surface area contributed by atoms with Gasteiger partial charge in [-0.25, -0.2) is 8.42 Å². The molecule has 1 fully saturated rings. The number of sulfonamides is 1. The molecule has 5 nitrogen and oxygen atoms in total. The number of nitriles is 1. The van der Waals surface area contributed by atoms with E-state index >= 15 is 0 Å². The average molecular weight is 504 g/mol. The second-order valence-corrected chi connectivity index (χ2v) is 12.4. The SMILES string of the molecule is Cc1cccc(C#N)c1-c1ccc2c(C(NS(=O)(=O)C3CC3)C(F)(F)F)cn(CC(C)(C)C)c2c1. The second kappa shape index (κ2) is 8.68. The van der Waals surface area contributed by atoms with Crippen molar-refractivity contribution in [2.75, 3.05) is 0 Å². The molecule has 35 heavy (non-hydrogen) atoms. The fourth-order valence-electron chi connectivity index (χ4n) is 4.44. The molecule has 0 bridgehead atoms. The van der Waals surface area contributed by atoms with Crippen LogP contribution in [0, 0.1) is 23.7 Å². The summed E-state index contributed by atoms with van der Waals surface area (Å²) in [6.45, 7) is 8.25. The number of nitrogens with one attached hydrogen (secondary N) is 1. The molecule has 1 heterocycles. The van der Waals surface area contributed by atoms with Crippen molar-refractivity contribution in [3.63, 3.8) is 0 Å². The van der Waals surface area contributed by atoms with E-state index in [0.717, 1.165) is 11.1 Å². The standard InChI is InChI=1S/C26H28F3N3O2S/c1-16-6-5-7-18(13-30)23(16)17-8-11-20-21(14-32(22(20)12-17)15-25(2,3)4)24(26(27,28)29)31-35(33,34)19-9-10-19/h5-8,11-12,14,19,24,31H,9-10,15H2,1-4H3. The van der Waals surface area contributed by atoms with Gasteiger partial charge in [-0.1, -0.05) is 45.0 Å². The first kappa shape index (κ1) is 25.3. The maximum atomic E-state index is 14.2. The molecule has 0 spiro atoms. The minimum absolute atomic E-state index is 0.127. The maximum Gasteiger partial charge on any atom is 0.408 e. The molecule has 186 valence electrons. The van der Waals surface area contributed by atoms with Gasteiger partial charge in [0.25, 0.3) is 0 Å². The first-order valence-corrected chi connectivity index (χ1v) is 13.0. The maximum absolute atomic E-state index is 14.2. The molecule has 4 rings (SSSR count). The summed E-state index contributed by atoms with van der Waals surface area (Å²) in [6.07, 6.45) is -2.67. The molecule has 1 unspecified atom stereocenters. The van der Waals surface area contributed by atoms with Crippen LogP contribution in [-0.4, -0.2) is 24.4 Å². The molecule has 1 atom stereocenters. The Bertz CT molecular complexity index is 1420. The number of halogens is 3. The third kappa shape index (κ3) is 5.24. The number of benzene rings is 2. The Balaban J connectivity index is 1.93. The first-order valence-electron chi connectivity index (χ1n) is 11.4. The monoisotopic (exact) mass is 503 g/mol. The van der Waals surface area contributed by atoms with Crippen molar-refractivity contribution in [1.29, 1.82) is 5.26 Å². The van der Waals surface area contributed by atoms with Crippen LogP contribution in [0.4, 0.5) is 13.2 Å². The zero-order valence-electron chi connectivity index (χ0n) is 20.1. The summed E-state index contributed by atoms with van der Waals surface area (Å²) < 4.78 is 71.3. The Morgan fingerprint density at radius 2 is 1.86 bits per heavy atom. The average Bonchev–Trinajstić information content (AvgIpc) is 3.55. The minimum Gasteiger partial charge on any atom is -0.347 e. The molecule has 0 amide bonds. The van der Waals surface area contributed by atoms with Gasteiger partial charge in [-0.2, -0.15) is 23.2 Å². The van der Waals surface area contributed by atoms with E-state index in [9.17, 15) is 26.9 Å². The largest absolute Gasteiger partial charge is 0.408 e. The zero-order valence-corrected chi connectivity index (χ0v) is 20.9. The summed E-state index contributed by atoms with van der Waals surface area (Å²) >= 11 is 0. The van der Waals surface area contributed by atoms with E-state index in [0.29, 0.717) is 41.4 Å². The van der Waals surface area contributed by atoms with Crippen molar-refractivity contribution < 1.29 is 21.6 Å². The van der Waals surface area contributed by atoms with Crippen LogP contribution in [0.25, 0.3) is 22.0 Å². The van der Waals surface area contributed by atoms with E-state index in [1.165, 1.54) is 6.20 Å². The fraction of sp³-hybridized carbons (Fsp3) is 0.423. The molecule has 9 heteroatoms. The van der Waals surface area contributed by atoms with E-state index in [2.05, 4.69) is 6.07 Å². The quantitative estimate of drug-likeness (QED) is 0.434. The van der Waals surface area contributed by atoms with Gasteiger partial charge >= 0.3 is 6.18 Å². The van der Waals surface area contributed by atoms with Crippen LogP contribution in [0.15, 0.2) is 42.6 Å². The molecule has 0 radical (unpaired) electrons. The van der Waals surface area contributed by atoms with Crippen molar-refractivity contribution in [1.82, 2.24) is 9.29 Å². The summed E-state index contributed by atoms with van der Waals surface area (Å²) in [5, 5.41) is 9.16. The predicted octanol–water partition coefficient (Wildman–Crippen LogP) is 6.22. The lowest BCUT2D eigenvalue weighted by Gasteiger charge is -2.22. The molecule has 0 aliphatic heterocycles. The van der Waals surface area contributed by atoms with Crippen LogP contribution < -0.4 is 4.72 Å². The van der Waals surface area contributed by atoms with Gasteiger partial charge in [-0.15, -0.1) is 0 Å². The van der Waals surface area contributed by atoms with Gasteiger partial charge < -0.3 is 4.57 Å². The number of hydrogen-bond acceptors (Lipinski definition) is 3. The van der Waals surface area contributed by atoms with Crippen molar-refractivity contribution >= 4 is 20.9 Å². The summed E-state index contributed by atoms with van der Waals surface area (Å²) in [6, 6.07) is 10.3. The van der Waals surface area contributed by atoms with Gasteiger partial charge in [-0.3, -0.25) is 0 Å². The van der Waals surface area contributed by atoms with E-state index in [4.69, 9.17) is 0 Å². The van der Waals surface area contributed by atoms with Crippen LogP contribution in [0.2, 0.25) is 0 Å². The Morgan fingerprint density at radius 3 is 2.43 bits per heavy atom. The summed E-state index contributed by atoms with van der Waals surface area (Å²) in [7, 11) is -4.09.